The summed E-state index contributed by atoms with van der Waals surface area (Å²) in [6, 6.07) is 3.72. The van der Waals surface area contributed by atoms with Crippen LogP contribution in [0, 0.1) is 5.92 Å². The number of halogens is 2. The number of benzene rings is 1. The van der Waals surface area contributed by atoms with Gasteiger partial charge in [0.25, 0.3) is 0 Å². The van der Waals surface area contributed by atoms with Crippen LogP contribution in [0.15, 0.2) is 23.1 Å². The summed E-state index contributed by atoms with van der Waals surface area (Å²) in [5, 5.41) is 0.939. The van der Waals surface area contributed by atoms with Crippen molar-refractivity contribution in [2.75, 3.05) is 26.5 Å². The second-order valence-corrected chi connectivity index (χ2v) is 7.05. The van der Waals surface area contributed by atoms with Gasteiger partial charge in [0.1, 0.15) is 0 Å². The van der Waals surface area contributed by atoms with Gasteiger partial charge in [-0.05, 0) is 36.8 Å². The van der Waals surface area contributed by atoms with E-state index in [2.05, 4.69) is 0 Å². The second kappa shape index (κ2) is 8.79. The number of rotatable bonds is 4. The number of thioether (sulfide) groups is 1. The molecule has 7 heteroatoms. The van der Waals surface area contributed by atoms with Gasteiger partial charge in [-0.2, -0.15) is 0 Å². The van der Waals surface area contributed by atoms with Crippen LogP contribution in [0.3, 0.4) is 0 Å². The van der Waals surface area contributed by atoms with E-state index in [0.717, 1.165) is 4.90 Å². The van der Waals surface area contributed by atoms with Gasteiger partial charge in [-0.3, -0.25) is 9.59 Å². The third-order valence-electron chi connectivity index (χ3n) is 4.04. The molecule has 0 aliphatic carbocycles. The van der Waals surface area contributed by atoms with Crippen LogP contribution in [0.2, 0.25) is 10.0 Å². The monoisotopic (exact) mass is 387 g/mol. The van der Waals surface area contributed by atoms with Gasteiger partial charge in [-0.25, -0.2) is 0 Å². The van der Waals surface area contributed by atoms with E-state index in [0.29, 0.717) is 41.5 Å². The number of esters is 1. The van der Waals surface area contributed by atoms with Crippen molar-refractivity contribution in [2.24, 2.45) is 5.92 Å². The molecule has 0 N–H and O–H groups in total. The van der Waals surface area contributed by atoms with Gasteiger partial charge in [0.05, 0.1) is 23.1 Å². The van der Waals surface area contributed by atoms with Crippen molar-refractivity contribution in [1.82, 2.24) is 4.90 Å². The smallest absolute Gasteiger partial charge is 0.308 e. The topological polar surface area (TPSA) is 46.6 Å². The van der Waals surface area contributed by atoms with Gasteiger partial charge in [-0.1, -0.05) is 29.3 Å². The van der Waals surface area contributed by atoms with Crippen molar-refractivity contribution < 1.29 is 14.3 Å². The van der Waals surface area contributed by atoms with Crippen LogP contribution in [0.25, 0.3) is 6.08 Å². The zero-order chi connectivity index (χ0) is 17.7. The molecule has 1 aliphatic rings. The van der Waals surface area contributed by atoms with Crippen molar-refractivity contribution in [3.05, 3.63) is 33.8 Å². The van der Waals surface area contributed by atoms with Crippen LogP contribution in [0.1, 0.15) is 18.4 Å². The molecule has 0 radical (unpaired) electrons. The fourth-order valence-corrected chi connectivity index (χ4v) is 3.77. The summed E-state index contributed by atoms with van der Waals surface area (Å²) in [7, 11) is 1.39. The van der Waals surface area contributed by atoms with E-state index >= 15 is 0 Å². The third-order valence-corrected chi connectivity index (χ3v) is 5.83. The third kappa shape index (κ3) is 4.47. The number of methoxy groups -OCH3 is 1. The number of carbonyl (C=O) groups is 2. The predicted octanol–water partition coefficient (Wildman–Crippen LogP) is 4.14. The minimum atomic E-state index is -0.201. The fraction of sp³-hybridized carbons (Fsp3) is 0.412. The van der Waals surface area contributed by atoms with E-state index in [4.69, 9.17) is 27.9 Å². The number of carbonyl (C=O) groups excluding carboxylic acids is 2. The average molecular weight is 388 g/mol. The molecule has 1 saturated heterocycles. The number of amides is 1. The molecule has 0 atom stereocenters. The minimum Gasteiger partial charge on any atom is -0.469 e. The van der Waals surface area contributed by atoms with E-state index in [1.54, 1.807) is 11.0 Å². The highest BCUT2D eigenvalue weighted by Crippen LogP contribution is 2.35. The summed E-state index contributed by atoms with van der Waals surface area (Å²) >= 11 is 14.0. The summed E-state index contributed by atoms with van der Waals surface area (Å²) in [5.41, 5.74) is 0.706. The minimum absolute atomic E-state index is 0.0977. The Morgan fingerprint density at radius 3 is 2.50 bits per heavy atom. The molecule has 0 unspecified atom stereocenters. The zero-order valence-corrected chi connectivity index (χ0v) is 15.9. The summed E-state index contributed by atoms with van der Waals surface area (Å²) in [5.74, 6) is -0.414. The molecule has 1 heterocycles. The van der Waals surface area contributed by atoms with Crippen LogP contribution in [-0.4, -0.2) is 43.2 Å². The number of hydrogen-bond acceptors (Lipinski definition) is 4. The molecule has 1 aromatic carbocycles. The Hall–Kier alpha value is -1.17. The van der Waals surface area contributed by atoms with Gasteiger partial charge in [0, 0.05) is 24.1 Å². The van der Waals surface area contributed by atoms with E-state index in [-0.39, 0.29) is 17.8 Å². The van der Waals surface area contributed by atoms with Gasteiger partial charge >= 0.3 is 5.97 Å². The summed E-state index contributed by atoms with van der Waals surface area (Å²) in [6.45, 7) is 1.09. The average Bonchev–Trinajstić information content (AvgIpc) is 2.62. The quantitative estimate of drug-likeness (QED) is 0.442. The van der Waals surface area contributed by atoms with Crippen LogP contribution >= 0.6 is 35.0 Å². The van der Waals surface area contributed by atoms with Gasteiger partial charge < -0.3 is 9.64 Å². The molecule has 0 saturated carbocycles. The maximum absolute atomic E-state index is 12.3. The van der Waals surface area contributed by atoms with Crippen molar-refractivity contribution >= 4 is 52.9 Å². The maximum atomic E-state index is 12.3. The Labute approximate surface area is 156 Å². The lowest BCUT2D eigenvalue weighted by atomic mass is 9.97. The van der Waals surface area contributed by atoms with Crippen molar-refractivity contribution in [2.45, 2.75) is 17.7 Å². The van der Waals surface area contributed by atoms with Gasteiger partial charge in [0.2, 0.25) is 5.91 Å². The maximum Gasteiger partial charge on any atom is 0.308 e. The standard InChI is InChI=1S/C17H19Cl2NO3S/c1-23-17(22)12-7-9-20(10-8-12)14(21)6-4-11-3-5-13(24-2)16(19)15(11)18/h3-6,12H,7-10H2,1-2H3/b6-4+. The largest absolute Gasteiger partial charge is 0.469 e. The number of piperidine rings is 1. The number of nitrogens with zero attached hydrogens (tertiary/aromatic N) is 1. The zero-order valence-electron chi connectivity index (χ0n) is 13.6. The second-order valence-electron chi connectivity index (χ2n) is 5.44. The highest BCUT2D eigenvalue weighted by atomic mass is 35.5. The SMILES string of the molecule is COC(=O)C1CCN(C(=O)/C=C/c2ccc(SC)c(Cl)c2Cl)CC1. The van der Waals surface area contributed by atoms with Crippen molar-refractivity contribution in [1.29, 1.82) is 0 Å². The van der Waals surface area contributed by atoms with Crippen LogP contribution in [0.5, 0.6) is 0 Å². The Balaban J connectivity index is 1.99. The van der Waals surface area contributed by atoms with E-state index in [1.807, 2.05) is 18.4 Å². The highest BCUT2D eigenvalue weighted by molar-refractivity contribution is 7.98. The molecule has 4 nitrogen and oxygen atoms in total. The fourth-order valence-electron chi connectivity index (χ4n) is 2.60. The van der Waals surface area contributed by atoms with Crippen molar-refractivity contribution in [3.8, 4) is 0 Å². The molecule has 2 rings (SSSR count). The molecule has 1 amide bonds. The first-order valence-electron chi connectivity index (χ1n) is 7.54. The molecule has 130 valence electrons. The summed E-state index contributed by atoms with van der Waals surface area (Å²) in [4.78, 5) is 26.4. The number of hydrogen-bond donors (Lipinski definition) is 0. The first-order valence-corrected chi connectivity index (χ1v) is 9.52. The van der Waals surface area contributed by atoms with Crippen molar-refractivity contribution in [3.63, 3.8) is 0 Å². The summed E-state index contributed by atoms with van der Waals surface area (Å²) in [6.07, 6.45) is 6.35. The molecule has 1 aromatic rings. The van der Waals surface area contributed by atoms with Crippen LogP contribution < -0.4 is 0 Å². The van der Waals surface area contributed by atoms with E-state index in [1.165, 1.54) is 24.9 Å². The van der Waals surface area contributed by atoms with Crippen LogP contribution in [-0.2, 0) is 14.3 Å². The Morgan fingerprint density at radius 2 is 1.92 bits per heavy atom. The lowest BCUT2D eigenvalue weighted by Gasteiger charge is -2.29. The Bertz CT molecular complexity index is 655. The summed E-state index contributed by atoms with van der Waals surface area (Å²) < 4.78 is 4.75. The molecular formula is C17H19Cl2NO3S. The predicted molar refractivity (Wildman–Crippen MR) is 98.6 cm³/mol. The molecule has 0 spiro atoms. The Morgan fingerprint density at radius 1 is 1.25 bits per heavy atom. The molecule has 1 aliphatic heterocycles. The molecule has 24 heavy (non-hydrogen) atoms. The van der Waals surface area contributed by atoms with Gasteiger partial charge in [-0.15, -0.1) is 11.8 Å². The number of likely N-dealkylation sites (tertiary alicyclic amines) is 1. The Kier molecular flexibility index (Phi) is 7.02. The van der Waals surface area contributed by atoms with Crippen LogP contribution in [0.4, 0.5) is 0 Å². The molecule has 0 aromatic heterocycles. The first-order chi connectivity index (χ1) is 11.5. The normalized spacial score (nSPS) is 15.8. The lowest BCUT2D eigenvalue weighted by molar-refractivity contribution is -0.148. The van der Waals surface area contributed by atoms with E-state index in [9.17, 15) is 9.59 Å². The molecule has 0 bridgehead atoms. The highest BCUT2D eigenvalue weighted by Gasteiger charge is 2.27. The first kappa shape index (κ1) is 19.2. The lowest BCUT2D eigenvalue weighted by Crippen LogP contribution is -2.39. The molecular weight excluding hydrogens is 369 g/mol. The number of ether oxygens (including phenoxy) is 1. The molecule has 1 fully saturated rings. The van der Waals surface area contributed by atoms with Gasteiger partial charge in [0.15, 0.2) is 0 Å². The van der Waals surface area contributed by atoms with E-state index < -0.39 is 0 Å².